The lowest BCUT2D eigenvalue weighted by molar-refractivity contribution is -0.962. The maximum atomic E-state index is 11.6. The van der Waals surface area contributed by atoms with Crippen LogP contribution in [0.25, 0.3) is 10.9 Å². The SMILES string of the molecule is C/C=C1/C[N@+]23CCc4c([nH]c5ccccc45)[C@@]2(C)[C@]1(O)CC3.[Cl-]. The summed E-state index contributed by atoms with van der Waals surface area (Å²) < 4.78 is 1.03. The molecule has 2 aromatic rings. The number of para-hydroxylation sites is 1. The Labute approximate surface area is 143 Å². The summed E-state index contributed by atoms with van der Waals surface area (Å²) in [5.74, 6) is 0. The van der Waals surface area contributed by atoms with Gasteiger partial charge in [0.2, 0.25) is 0 Å². The van der Waals surface area contributed by atoms with Gasteiger partial charge in [-0.25, -0.2) is 0 Å². The molecule has 2 fully saturated rings. The number of fused-ring (bicyclic) bond motifs is 3. The Morgan fingerprint density at radius 3 is 2.83 bits per heavy atom. The van der Waals surface area contributed by atoms with Crippen LogP contribution >= 0.6 is 0 Å². The van der Waals surface area contributed by atoms with E-state index in [9.17, 15) is 5.11 Å². The van der Waals surface area contributed by atoms with Gasteiger partial charge in [0.25, 0.3) is 0 Å². The first-order valence-electron chi connectivity index (χ1n) is 8.40. The molecule has 3 aliphatic rings. The predicted octanol–water partition coefficient (Wildman–Crippen LogP) is -0.145. The van der Waals surface area contributed by atoms with Crippen molar-refractivity contribution in [2.24, 2.45) is 0 Å². The topological polar surface area (TPSA) is 36.0 Å². The Bertz CT molecular complexity index is 841. The highest BCUT2D eigenvalue weighted by atomic mass is 35.5. The van der Waals surface area contributed by atoms with Gasteiger partial charge in [0.15, 0.2) is 11.1 Å². The maximum Gasteiger partial charge on any atom is 0.171 e. The highest BCUT2D eigenvalue weighted by Gasteiger charge is 2.75. The molecule has 0 saturated carbocycles. The molecule has 2 saturated heterocycles. The van der Waals surface area contributed by atoms with Gasteiger partial charge in [0, 0.05) is 29.3 Å². The number of piperidine rings is 1. The van der Waals surface area contributed by atoms with Gasteiger partial charge in [-0.05, 0) is 25.5 Å². The molecule has 4 heterocycles. The minimum atomic E-state index is -0.683. The number of aromatic nitrogens is 1. The lowest BCUT2D eigenvalue weighted by Crippen LogP contribution is -3.00. The number of hydrogen-bond acceptors (Lipinski definition) is 1. The molecule has 0 aliphatic carbocycles. The summed E-state index contributed by atoms with van der Waals surface area (Å²) >= 11 is 0. The van der Waals surface area contributed by atoms with Crippen LogP contribution in [0, 0.1) is 0 Å². The van der Waals surface area contributed by atoms with E-state index >= 15 is 0 Å². The van der Waals surface area contributed by atoms with E-state index < -0.39 is 5.60 Å². The fourth-order valence-electron chi connectivity index (χ4n) is 5.79. The van der Waals surface area contributed by atoms with E-state index in [0.717, 1.165) is 37.0 Å². The van der Waals surface area contributed by atoms with Crippen molar-refractivity contribution >= 4 is 10.9 Å². The van der Waals surface area contributed by atoms with Crippen LogP contribution in [0.4, 0.5) is 0 Å². The fraction of sp³-hybridized carbons (Fsp3) is 0.474. The number of quaternary nitrogens is 1. The monoisotopic (exact) mass is 330 g/mol. The molecule has 23 heavy (non-hydrogen) atoms. The van der Waals surface area contributed by atoms with Gasteiger partial charge < -0.3 is 27.0 Å². The minimum Gasteiger partial charge on any atom is -1.00 e. The zero-order valence-corrected chi connectivity index (χ0v) is 14.5. The van der Waals surface area contributed by atoms with Crippen molar-refractivity contribution in [2.45, 2.75) is 37.8 Å². The number of benzene rings is 1. The number of aromatic amines is 1. The predicted molar refractivity (Wildman–Crippen MR) is 87.5 cm³/mol. The van der Waals surface area contributed by atoms with Crippen molar-refractivity contribution in [3.05, 3.63) is 47.2 Å². The van der Waals surface area contributed by atoms with Crippen LogP contribution in [0.5, 0.6) is 0 Å². The quantitative estimate of drug-likeness (QED) is 0.512. The third-order valence-corrected chi connectivity index (χ3v) is 7.10. The van der Waals surface area contributed by atoms with Crippen LogP contribution in [0.2, 0.25) is 0 Å². The Hall–Kier alpha value is -1.29. The molecule has 3 atom stereocenters. The van der Waals surface area contributed by atoms with E-state index in [1.807, 2.05) is 0 Å². The molecule has 5 rings (SSSR count). The van der Waals surface area contributed by atoms with Crippen LogP contribution < -0.4 is 12.4 Å². The van der Waals surface area contributed by atoms with E-state index in [1.165, 1.54) is 27.7 Å². The molecular weight excluding hydrogens is 308 g/mol. The molecule has 0 radical (unpaired) electrons. The second-order valence-electron chi connectivity index (χ2n) is 7.52. The third-order valence-electron chi connectivity index (χ3n) is 7.10. The first-order valence-corrected chi connectivity index (χ1v) is 8.40. The number of hydrogen-bond donors (Lipinski definition) is 2. The second-order valence-corrected chi connectivity index (χ2v) is 7.52. The summed E-state index contributed by atoms with van der Waals surface area (Å²) in [5, 5.41) is 13.0. The van der Waals surface area contributed by atoms with Crippen molar-refractivity contribution in [1.82, 2.24) is 4.98 Å². The molecule has 1 aromatic heterocycles. The summed E-state index contributed by atoms with van der Waals surface area (Å²) in [6.45, 7) is 7.63. The molecule has 3 aliphatic heterocycles. The molecular formula is C19H23ClN2O. The number of halogens is 1. The van der Waals surface area contributed by atoms with Gasteiger partial charge in [0.1, 0.15) is 6.54 Å². The average Bonchev–Trinajstić information content (AvgIpc) is 3.08. The maximum absolute atomic E-state index is 11.6. The molecule has 0 unspecified atom stereocenters. The molecule has 1 aromatic carbocycles. The van der Waals surface area contributed by atoms with E-state index in [4.69, 9.17) is 0 Å². The normalized spacial score (nSPS) is 39.3. The zero-order chi connectivity index (χ0) is 15.2. The van der Waals surface area contributed by atoms with Crippen molar-refractivity contribution in [2.75, 3.05) is 19.6 Å². The molecule has 0 spiro atoms. The van der Waals surface area contributed by atoms with Gasteiger partial charge >= 0.3 is 0 Å². The van der Waals surface area contributed by atoms with E-state index in [-0.39, 0.29) is 17.9 Å². The Morgan fingerprint density at radius 2 is 2.04 bits per heavy atom. The Balaban J connectivity index is 0.00000135. The van der Waals surface area contributed by atoms with Crippen molar-refractivity contribution in [3.63, 3.8) is 0 Å². The number of nitrogens with one attached hydrogen (secondary N) is 1. The van der Waals surface area contributed by atoms with Gasteiger partial charge in [-0.1, -0.05) is 24.3 Å². The average molecular weight is 331 g/mol. The van der Waals surface area contributed by atoms with Crippen molar-refractivity contribution in [1.29, 1.82) is 0 Å². The minimum absolute atomic E-state index is 0. The standard InChI is InChI=1S/C19H23N2O.ClH/c1-3-13-12-21-10-8-15-14-6-4-5-7-16(14)20-17(15)18(21,2)19(13,22)9-11-21;/h3-7,20,22H,8-12H2,1-2H3;1H/q+1;/p-1/b13-3-;/t18-,19-,21+;/m0./s1. The van der Waals surface area contributed by atoms with E-state index in [1.54, 1.807) is 0 Å². The molecule has 2 N–H and O–H groups in total. The number of rotatable bonds is 0. The molecule has 2 bridgehead atoms. The lowest BCUT2D eigenvalue weighted by atomic mass is 9.74. The third kappa shape index (κ3) is 1.41. The molecule has 3 nitrogen and oxygen atoms in total. The van der Waals surface area contributed by atoms with Crippen molar-refractivity contribution in [3.8, 4) is 0 Å². The summed E-state index contributed by atoms with van der Waals surface area (Å²) in [6.07, 6.45) is 4.16. The molecule has 4 heteroatoms. The smallest absolute Gasteiger partial charge is 0.171 e. The zero-order valence-electron chi connectivity index (χ0n) is 13.7. The number of H-pyrrole nitrogens is 1. The van der Waals surface area contributed by atoms with Gasteiger partial charge in [-0.15, -0.1) is 0 Å². The van der Waals surface area contributed by atoms with Gasteiger partial charge in [-0.2, -0.15) is 0 Å². The van der Waals surface area contributed by atoms with Crippen LogP contribution in [0.1, 0.15) is 31.5 Å². The van der Waals surface area contributed by atoms with Crippen LogP contribution in [-0.2, 0) is 12.0 Å². The number of nitrogens with zero attached hydrogens (tertiary/aromatic N) is 1. The summed E-state index contributed by atoms with van der Waals surface area (Å²) in [6, 6.07) is 8.59. The van der Waals surface area contributed by atoms with Crippen LogP contribution in [-0.4, -0.2) is 39.8 Å². The molecule has 122 valence electrons. The Morgan fingerprint density at radius 1 is 1.26 bits per heavy atom. The first-order chi connectivity index (χ1) is 10.6. The van der Waals surface area contributed by atoms with E-state index in [2.05, 4.69) is 49.2 Å². The van der Waals surface area contributed by atoms with Crippen LogP contribution in [0.3, 0.4) is 0 Å². The van der Waals surface area contributed by atoms with Crippen LogP contribution in [0.15, 0.2) is 35.9 Å². The Kier molecular flexibility index (Phi) is 2.92. The van der Waals surface area contributed by atoms with E-state index in [0.29, 0.717) is 0 Å². The second kappa shape index (κ2) is 4.41. The lowest BCUT2D eigenvalue weighted by Gasteiger charge is -2.47. The summed E-state index contributed by atoms with van der Waals surface area (Å²) in [5.41, 5.74) is 4.28. The van der Waals surface area contributed by atoms with Gasteiger partial charge in [0.05, 0.1) is 18.8 Å². The van der Waals surface area contributed by atoms with Gasteiger partial charge in [-0.3, -0.25) is 0 Å². The highest BCUT2D eigenvalue weighted by Crippen LogP contribution is 2.62. The summed E-state index contributed by atoms with van der Waals surface area (Å²) in [4.78, 5) is 3.69. The summed E-state index contributed by atoms with van der Waals surface area (Å²) in [7, 11) is 0. The van der Waals surface area contributed by atoms with Crippen molar-refractivity contribution < 1.29 is 22.0 Å². The first kappa shape index (κ1) is 15.3. The molecule has 0 amide bonds. The fourth-order valence-corrected chi connectivity index (χ4v) is 5.79. The highest BCUT2D eigenvalue weighted by molar-refractivity contribution is 5.85. The largest absolute Gasteiger partial charge is 1.00 e. The number of aliphatic hydroxyl groups is 1. The number of allylic oxidation sites excluding steroid dienone is 1.